The zero-order valence-corrected chi connectivity index (χ0v) is 10.4. The Morgan fingerprint density at radius 1 is 1.33 bits per heavy atom. The van der Waals surface area contributed by atoms with Gasteiger partial charge in [0.25, 0.3) is 5.89 Å². The Morgan fingerprint density at radius 2 is 2.28 bits per heavy atom. The first-order valence-electron chi connectivity index (χ1n) is 6.65. The standard InChI is InChI=1S/C13H16N4O/c1-7-4-11(16-15-7)13-14-12(17-18-13)10-6-8-2-3-9(10)5-8/h4,8-10H,2-3,5-6H2,1H3,(H,15,16). The van der Waals surface area contributed by atoms with Gasteiger partial charge in [-0.1, -0.05) is 11.6 Å². The lowest BCUT2D eigenvalue weighted by molar-refractivity contribution is 0.372. The maximum absolute atomic E-state index is 5.34. The molecule has 2 heterocycles. The fraction of sp³-hybridized carbons (Fsp3) is 0.615. The van der Waals surface area contributed by atoms with Gasteiger partial charge < -0.3 is 4.52 Å². The van der Waals surface area contributed by atoms with Gasteiger partial charge in [0.1, 0.15) is 0 Å². The molecule has 0 saturated heterocycles. The molecule has 2 aliphatic carbocycles. The van der Waals surface area contributed by atoms with E-state index in [2.05, 4.69) is 20.3 Å². The summed E-state index contributed by atoms with van der Waals surface area (Å²) in [5.74, 6) is 3.62. The van der Waals surface area contributed by atoms with Crippen molar-refractivity contribution in [3.05, 3.63) is 17.6 Å². The molecule has 0 amide bonds. The summed E-state index contributed by atoms with van der Waals surface area (Å²) in [6.45, 7) is 1.96. The molecule has 0 radical (unpaired) electrons. The monoisotopic (exact) mass is 244 g/mol. The molecule has 4 rings (SSSR count). The van der Waals surface area contributed by atoms with Gasteiger partial charge in [0.15, 0.2) is 11.5 Å². The Kier molecular flexibility index (Phi) is 2.10. The Labute approximate surface area is 105 Å². The minimum Gasteiger partial charge on any atom is -0.332 e. The molecule has 2 aliphatic rings. The maximum atomic E-state index is 5.34. The Balaban J connectivity index is 1.62. The Morgan fingerprint density at radius 3 is 2.94 bits per heavy atom. The second-order valence-electron chi connectivity index (χ2n) is 5.68. The molecule has 2 bridgehead atoms. The van der Waals surface area contributed by atoms with Gasteiger partial charge in [-0.2, -0.15) is 10.1 Å². The van der Waals surface area contributed by atoms with Crippen molar-refractivity contribution in [2.24, 2.45) is 11.8 Å². The molecular formula is C13H16N4O. The van der Waals surface area contributed by atoms with Gasteiger partial charge in [-0.25, -0.2) is 0 Å². The second kappa shape index (κ2) is 3.67. The molecule has 18 heavy (non-hydrogen) atoms. The first kappa shape index (κ1) is 10.3. The Bertz CT molecular complexity index is 573. The summed E-state index contributed by atoms with van der Waals surface area (Å²) >= 11 is 0. The van der Waals surface area contributed by atoms with Crippen LogP contribution in [0.25, 0.3) is 11.6 Å². The van der Waals surface area contributed by atoms with Crippen molar-refractivity contribution in [1.82, 2.24) is 20.3 Å². The van der Waals surface area contributed by atoms with Crippen LogP contribution in [0.5, 0.6) is 0 Å². The number of fused-ring (bicyclic) bond motifs is 2. The minimum atomic E-state index is 0.515. The fourth-order valence-electron chi connectivity index (χ4n) is 3.58. The smallest absolute Gasteiger partial charge is 0.278 e. The summed E-state index contributed by atoms with van der Waals surface area (Å²) in [6, 6.07) is 1.93. The van der Waals surface area contributed by atoms with Crippen molar-refractivity contribution in [3.63, 3.8) is 0 Å². The van der Waals surface area contributed by atoms with Crippen LogP contribution in [0.4, 0.5) is 0 Å². The largest absolute Gasteiger partial charge is 0.332 e. The highest BCUT2D eigenvalue weighted by atomic mass is 16.5. The first-order chi connectivity index (χ1) is 8.79. The zero-order valence-electron chi connectivity index (χ0n) is 10.4. The first-order valence-corrected chi connectivity index (χ1v) is 6.65. The molecule has 2 fully saturated rings. The lowest BCUT2D eigenvalue weighted by Crippen LogP contribution is -2.09. The third-order valence-electron chi connectivity index (χ3n) is 4.44. The predicted molar refractivity (Wildman–Crippen MR) is 64.8 cm³/mol. The number of hydrogen-bond donors (Lipinski definition) is 1. The molecule has 0 aliphatic heterocycles. The van der Waals surface area contributed by atoms with Crippen LogP contribution >= 0.6 is 0 Å². The average molecular weight is 244 g/mol. The molecule has 5 nitrogen and oxygen atoms in total. The van der Waals surface area contributed by atoms with E-state index in [0.717, 1.165) is 29.0 Å². The van der Waals surface area contributed by atoms with Gasteiger partial charge >= 0.3 is 0 Å². The third kappa shape index (κ3) is 1.50. The number of rotatable bonds is 2. The molecule has 0 spiro atoms. The number of H-pyrrole nitrogens is 1. The van der Waals surface area contributed by atoms with Crippen LogP contribution in [-0.2, 0) is 0 Å². The highest BCUT2D eigenvalue weighted by Gasteiger charge is 2.42. The van der Waals surface area contributed by atoms with Crippen molar-refractivity contribution >= 4 is 0 Å². The van der Waals surface area contributed by atoms with E-state index in [0.29, 0.717) is 11.8 Å². The van der Waals surface area contributed by atoms with Gasteiger partial charge in [-0.05, 0) is 44.1 Å². The number of aryl methyl sites for hydroxylation is 1. The van der Waals surface area contributed by atoms with Crippen LogP contribution < -0.4 is 0 Å². The SMILES string of the molecule is Cc1cc(-c2nc(C3CC4CCC3C4)no2)n[nH]1. The van der Waals surface area contributed by atoms with Crippen LogP contribution in [0.1, 0.15) is 43.1 Å². The number of aromatic amines is 1. The normalized spacial score (nSPS) is 30.2. The van der Waals surface area contributed by atoms with Crippen molar-refractivity contribution in [2.45, 2.75) is 38.5 Å². The van der Waals surface area contributed by atoms with Gasteiger partial charge in [0.2, 0.25) is 0 Å². The summed E-state index contributed by atoms with van der Waals surface area (Å²) in [4.78, 5) is 4.53. The average Bonchev–Trinajstić information content (AvgIpc) is 3.12. The van der Waals surface area contributed by atoms with E-state index in [1.807, 2.05) is 13.0 Å². The van der Waals surface area contributed by atoms with E-state index in [-0.39, 0.29) is 0 Å². The number of nitrogens with one attached hydrogen (secondary N) is 1. The summed E-state index contributed by atoms with van der Waals surface area (Å²) in [5, 5.41) is 11.2. The molecule has 2 aromatic heterocycles. The number of nitrogens with zero attached hydrogens (tertiary/aromatic N) is 3. The van der Waals surface area contributed by atoms with Gasteiger partial charge in [-0.15, -0.1) is 0 Å². The summed E-state index contributed by atoms with van der Waals surface area (Å²) in [6.07, 6.45) is 5.32. The molecule has 2 aromatic rings. The highest BCUT2D eigenvalue weighted by Crippen LogP contribution is 2.52. The van der Waals surface area contributed by atoms with E-state index < -0.39 is 0 Å². The van der Waals surface area contributed by atoms with E-state index in [1.54, 1.807) is 0 Å². The molecule has 1 N–H and O–H groups in total. The fourth-order valence-corrected chi connectivity index (χ4v) is 3.58. The van der Waals surface area contributed by atoms with Crippen molar-refractivity contribution in [3.8, 4) is 11.6 Å². The van der Waals surface area contributed by atoms with Crippen LogP contribution in [0.15, 0.2) is 10.6 Å². The maximum Gasteiger partial charge on any atom is 0.278 e. The highest BCUT2D eigenvalue weighted by molar-refractivity contribution is 5.46. The van der Waals surface area contributed by atoms with Gasteiger partial charge in [0, 0.05) is 11.6 Å². The van der Waals surface area contributed by atoms with Crippen LogP contribution in [0.3, 0.4) is 0 Å². The van der Waals surface area contributed by atoms with Crippen molar-refractivity contribution < 1.29 is 4.52 Å². The summed E-state index contributed by atoms with van der Waals surface area (Å²) in [7, 11) is 0. The second-order valence-corrected chi connectivity index (χ2v) is 5.68. The zero-order chi connectivity index (χ0) is 12.1. The molecule has 0 aromatic carbocycles. The summed E-state index contributed by atoms with van der Waals surface area (Å²) in [5.41, 5.74) is 1.75. The Hall–Kier alpha value is -1.65. The number of aromatic nitrogens is 4. The summed E-state index contributed by atoms with van der Waals surface area (Å²) < 4.78 is 5.34. The molecule has 3 unspecified atom stereocenters. The topological polar surface area (TPSA) is 67.6 Å². The third-order valence-corrected chi connectivity index (χ3v) is 4.44. The van der Waals surface area contributed by atoms with E-state index in [4.69, 9.17) is 4.52 Å². The van der Waals surface area contributed by atoms with Gasteiger partial charge in [0.05, 0.1) is 0 Å². The number of hydrogen-bond acceptors (Lipinski definition) is 4. The van der Waals surface area contributed by atoms with Crippen molar-refractivity contribution in [2.75, 3.05) is 0 Å². The molecular weight excluding hydrogens is 228 g/mol. The minimum absolute atomic E-state index is 0.515. The van der Waals surface area contributed by atoms with E-state index in [9.17, 15) is 0 Å². The molecule has 94 valence electrons. The van der Waals surface area contributed by atoms with E-state index in [1.165, 1.54) is 25.7 Å². The van der Waals surface area contributed by atoms with Crippen LogP contribution in [-0.4, -0.2) is 20.3 Å². The predicted octanol–water partition coefficient (Wildman–Crippen LogP) is 2.67. The van der Waals surface area contributed by atoms with Gasteiger partial charge in [-0.3, -0.25) is 5.10 Å². The van der Waals surface area contributed by atoms with Crippen LogP contribution in [0.2, 0.25) is 0 Å². The molecule has 5 heteroatoms. The van der Waals surface area contributed by atoms with E-state index >= 15 is 0 Å². The molecule has 3 atom stereocenters. The lowest BCUT2D eigenvalue weighted by atomic mass is 9.88. The quantitative estimate of drug-likeness (QED) is 0.881. The van der Waals surface area contributed by atoms with Crippen molar-refractivity contribution in [1.29, 1.82) is 0 Å². The lowest BCUT2D eigenvalue weighted by Gasteiger charge is -2.17. The molecule has 2 saturated carbocycles. The van der Waals surface area contributed by atoms with Crippen LogP contribution in [0, 0.1) is 18.8 Å².